The molecule has 10 heavy (non-hydrogen) atoms. The van der Waals surface area contributed by atoms with Gasteiger partial charge in [0.1, 0.15) is 0 Å². The molecule has 1 fully saturated rings. The Labute approximate surface area is 60.8 Å². The van der Waals surface area contributed by atoms with E-state index in [9.17, 15) is 0 Å². The van der Waals surface area contributed by atoms with Crippen molar-refractivity contribution in [3.8, 4) is 6.07 Å². The lowest BCUT2D eigenvalue weighted by molar-refractivity contribution is 0.00864. The second-order valence-electron chi connectivity index (χ2n) is 2.66. The molecule has 2 N–H and O–H groups in total. The number of hydrogen-bond donors (Lipinski definition) is 1. The summed E-state index contributed by atoms with van der Waals surface area (Å²) < 4.78 is 5.28. The Balaban J connectivity index is 2.21. The zero-order valence-corrected chi connectivity index (χ0v) is 5.92. The van der Waals surface area contributed by atoms with E-state index in [-0.39, 0.29) is 12.1 Å². The van der Waals surface area contributed by atoms with E-state index in [1.54, 1.807) is 0 Å². The molecule has 0 aromatic carbocycles. The number of ether oxygens (including phenoxy) is 1. The third-order valence-electron chi connectivity index (χ3n) is 1.72. The molecular formula is C7H12N2O. The van der Waals surface area contributed by atoms with Crippen molar-refractivity contribution >= 4 is 0 Å². The number of nitrogens with two attached hydrogens (primary N) is 1. The van der Waals surface area contributed by atoms with Crippen LogP contribution in [0.25, 0.3) is 0 Å². The Bertz CT molecular complexity index is 133. The fraction of sp³-hybridized carbons (Fsp3) is 0.857. The smallest absolute Gasteiger partial charge is 0.0706 e. The first-order chi connectivity index (χ1) is 4.83. The van der Waals surface area contributed by atoms with E-state index in [1.165, 1.54) is 0 Å². The second-order valence-corrected chi connectivity index (χ2v) is 2.66. The van der Waals surface area contributed by atoms with Gasteiger partial charge in [-0.05, 0) is 12.8 Å². The summed E-state index contributed by atoms with van der Waals surface area (Å²) >= 11 is 0. The Hall–Kier alpha value is -0.590. The summed E-state index contributed by atoms with van der Waals surface area (Å²) in [7, 11) is 0. The van der Waals surface area contributed by atoms with Crippen molar-refractivity contribution in [3.63, 3.8) is 0 Å². The minimum atomic E-state index is 0.143. The summed E-state index contributed by atoms with van der Waals surface area (Å²) in [6, 6.07) is 2.28. The van der Waals surface area contributed by atoms with Gasteiger partial charge >= 0.3 is 0 Å². The van der Waals surface area contributed by atoms with Gasteiger partial charge in [0.05, 0.1) is 25.2 Å². The molecule has 1 saturated heterocycles. The van der Waals surface area contributed by atoms with Crippen LogP contribution in [0.1, 0.15) is 19.3 Å². The van der Waals surface area contributed by atoms with Crippen LogP contribution in [-0.2, 0) is 4.74 Å². The summed E-state index contributed by atoms with van der Waals surface area (Å²) in [4.78, 5) is 0. The van der Waals surface area contributed by atoms with Crippen LogP contribution < -0.4 is 5.73 Å². The topological polar surface area (TPSA) is 59.0 Å². The summed E-state index contributed by atoms with van der Waals surface area (Å²) in [5.41, 5.74) is 5.59. The lowest BCUT2D eigenvalue weighted by Gasteiger charge is -2.24. The highest BCUT2D eigenvalue weighted by Gasteiger charge is 2.17. The zero-order chi connectivity index (χ0) is 7.40. The van der Waals surface area contributed by atoms with Crippen molar-refractivity contribution < 1.29 is 4.74 Å². The van der Waals surface area contributed by atoms with Crippen molar-refractivity contribution in [2.75, 3.05) is 6.61 Å². The first-order valence-corrected chi connectivity index (χ1v) is 3.57. The van der Waals surface area contributed by atoms with Crippen molar-refractivity contribution in [2.24, 2.45) is 5.73 Å². The van der Waals surface area contributed by atoms with Gasteiger partial charge in [-0.1, -0.05) is 0 Å². The number of nitrogens with zero attached hydrogens (tertiary/aromatic N) is 1. The maximum Gasteiger partial charge on any atom is 0.0706 e. The zero-order valence-electron chi connectivity index (χ0n) is 5.92. The summed E-state index contributed by atoms with van der Waals surface area (Å²) in [6.07, 6.45) is 2.58. The molecule has 2 atom stereocenters. The van der Waals surface area contributed by atoms with Gasteiger partial charge in [-0.2, -0.15) is 5.26 Å². The van der Waals surface area contributed by atoms with Gasteiger partial charge in [0.25, 0.3) is 0 Å². The van der Waals surface area contributed by atoms with Gasteiger partial charge in [-0.15, -0.1) is 0 Å². The van der Waals surface area contributed by atoms with E-state index in [0.717, 1.165) is 12.8 Å². The maximum absolute atomic E-state index is 8.32. The molecule has 1 rings (SSSR count). The van der Waals surface area contributed by atoms with Gasteiger partial charge in [0, 0.05) is 6.04 Å². The summed E-state index contributed by atoms with van der Waals surface area (Å²) in [6.45, 7) is 0.617. The Morgan fingerprint density at radius 3 is 2.90 bits per heavy atom. The first-order valence-electron chi connectivity index (χ1n) is 3.57. The van der Waals surface area contributed by atoms with E-state index in [1.807, 2.05) is 0 Å². The van der Waals surface area contributed by atoms with Crippen molar-refractivity contribution in [1.29, 1.82) is 5.26 Å². The lowest BCUT2D eigenvalue weighted by Crippen LogP contribution is -2.35. The van der Waals surface area contributed by atoms with E-state index in [0.29, 0.717) is 13.0 Å². The van der Waals surface area contributed by atoms with Gasteiger partial charge in [0.2, 0.25) is 0 Å². The van der Waals surface area contributed by atoms with E-state index in [2.05, 4.69) is 6.07 Å². The van der Waals surface area contributed by atoms with Gasteiger partial charge in [-0.25, -0.2) is 0 Å². The monoisotopic (exact) mass is 140 g/mol. The van der Waals surface area contributed by atoms with Gasteiger partial charge in [0.15, 0.2) is 0 Å². The molecule has 0 aromatic rings. The number of rotatable bonds is 1. The normalized spacial score (nSPS) is 33.2. The molecular weight excluding hydrogens is 128 g/mol. The van der Waals surface area contributed by atoms with Crippen LogP contribution in [-0.4, -0.2) is 18.8 Å². The third kappa shape index (κ3) is 1.98. The molecule has 1 aliphatic heterocycles. The first kappa shape index (κ1) is 7.52. The molecule has 1 heterocycles. The van der Waals surface area contributed by atoms with Crippen LogP contribution in [0, 0.1) is 11.3 Å². The fourth-order valence-electron chi connectivity index (χ4n) is 1.09. The molecule has 3 nitrogen and oxygen atoms in total. The summed E-state index contributed by atoms with van der Waals surface area (Å²) in [5.74, 6) is 0. The van der Waals surface area contributed by atoms with E-state index in [4.69, 9.17) is 15.7 Å². The molecule has 0 radical (unpaired) electrons. The maximum atomic E-state index is 8.32. The van der Waals surface area contributed by atoms with Crippen LogP contribution in [0.4, 0.5) is 0 Å². The van der Waals surface area contributed by atoms with Crippen molar-refractivity contribution in [1.82, 2.24) is 0 Å². The Morgan fingerprint density at radius 1 is 1.60 bits per heavy atom. The van der Waals surface area contributed by atoms with Crippen molar-refractivity contribution in [3.05, 3.63) is 0 Å². The molecule has 0 aromatic heterocycles. The van der Waals surface area contributed by atoms with Crippen molar-refractivity contribution in [2.45, 2.75) is 31.4 Å². The van der Waals surface area contributed by atoms with Crippen LogP contribution in [0.15, 0.2) is 0 Å². The molecule has 0 unspecified atom stereocenters. The standard InChI is InChI=1S/C7H12N2O/c8-4-3-7-2-1-6(9)5-10-7/h6-7H,1-3,5,9H2/t6-,7-/m0/s1. The quantitative estimate of drug-likeness (QED) is 0.573. The van der Waals surface area contributed by atoms with Crippen LogP contribution >= 0.6 is 0 Å². The molecule has 0 saturated carbocycles. The molecule has 56 valence electrons. The minimum absolute atomic E-state index is 0.143. The highest BCUT2D eigenvalue weighted by molar-refractivity contribution is 4.80. The highest BCUT2D eigenvalue weighted by atomic mass is 16.5. The molecule has 0 bridgehead atoms. The molecule has 0 spiro atoms. The second kappa shape index (κ2) is 3.55. The largest absolute Gasteiger partial charge is 0.376 e. The fourth-order valence-corrected chi connectivity index (χ4v) is 1.09. The molecule has 1 aliphatic rings. The van der Waals surface area contributed by atoms with E-state index >= 15 is 0 Å². The van der Waals surface area contributed by atoms with Crippen LogP contribution in [0.3, 0.4) is 0 Å². The predicted molar refractivity (Wildman–Crippen MR) is 37.2 cm³/mol. The number of hydrogen-bond acceptors (Lipinski definition) is 3. The van der Waals surface area contributed by atoms with Crippen LogP contribution in [0.5, 0.6) is 0 Å². The van der Waals surface area contributed by atoms with E-state index < -0.39 is 0 Å². The number of nitriles is 1. The molecule has 0 amide bonds. The SMILES string of the molecule is N#CC[C@@H]1CC[C@H](N)CO1. The predicted octanol–water partition coefficient (Wildman–Crippen LogP) is 0.406. The Morgan fingerprint density at radius 2 is 2.40 bits per heavy atom. The average molecular weight is 140 g/mol. The Kier molecular flexibility index (Phi) is 2.67. The summed E-state index contributed by atoms with van der Waals surface area (Å²) in [5, 5.41) is 8.32. The third-order valence-corrected chi connectivity index (χ3v) is 1.72. The highest BCUT2D eigenvalue weighted by Crippen LogP contribution is 2.13. The molecule has 0 aliphatic carbocycles. The van der Waals surface area contributed by atoms with Gasteiger partial charge in [-0.3, -0.25) is 0 Å². The van der Waals surface area contributed by atoms with Crippen LogP contribution in [0.2, 0.25) is 0 Å². The van der Waals surface area contributed by atoms with Gasteiger partial charge < -0.3 is 10.5 Å². The average Bonchev–Trinajstić information content (AvgIpc) is 1.95. The minimum Gasteiger partial charge on any atom is -0.376 e. The lowest BCUT2D eigenvalue weighted by atomic mass is 10.0. The molecule has 3 heteroatoms.